The average molecular weight is 345 g/mol. The van der Waals surface area contributed by atoms with Gasteiger partial charge in [0.1, 0.15) is 5.52 Å². The van der Waals surface area contributed by atoms with Crippen LogP contribution in [0.3, 0.4) is 0 Å². The van der Waals surface area contributed by atoms with Gasteiger partial charge < -0.3 is 14.2 Å². The number of ether oxygens (including phenoxy) is 3. The lowest BCUT2D eigenvalue weighted by Gasteiger charge is -2.14. The number of benzene rings is 1. The largest absolute Gasteiger partial charge is 0.493 e. The maximum Gasteiger partial charge on any atom is 0.261 e. The monoisotopic (exact) mass is 345 g/mol. The quantitative estimate of drug-likeness (QED) is 0.633. The maximum absolute atomic E-state index is 12.8. The van der Waals surface area contributed by atoms with Gasteiger partial charge in [0.25, 0.3) is 5.56 Å². The summed E-state index contributed by atoms with van der Waals surface area (Å²) < 4.78 is 19.3. The van der Waals surface area contributed by atoms with Crippen molar-refractivity contribution in [3.8, 4) is 17.2 Å². The standard InChI is InChI=1S/C16H19N5O4/c1-23-12-9-11-13(15(25-3)14(12)24-2)17-10-20(16(11)22)6-4-7-21-8-5-18-19-21/h5,8-10H,4,6-7H2,1-3H3. The van der Waals surface area contributed by atoms with Crippen molar-refractivity contribution in [2.24, 2.45) is 0 Å². The highest BCUT2D eigenvalue weighted by molar-refractivity contribution is 5.89. The Labute approximate surface area is 143 Å². The molecule has 0 aliphatic heterocycles. The van der Waals surface area contributed by atoms with Crippen LogP contribution in [0, 0.1) is 0 Å². The molecule has 0 radical (unpaired) electrons. The predicted molar refractivity (Wildman–Crippen MR) is 90.3 cm³/mol. The van der Waals surface area contributed by atoms with Gasteiger partial charge in [-0.3, -0.25) is 14.0 Å². The molecule has 0 N–H and O–H groups in total. The molecule has 0 fully saturated rings. The van der Waals surface area contributed by atoms with E-state index in [1.165, 1.54) is 27.7 Å². The first kappa shape index (κ1) is 16.7. The van der Waals surface area contributed by atoms with Gasteiger partial charge in [0.2, 0.25) is 5.75 Å². The van der Waals surface area contributed by atoms with Crippen LogP contribution in [0.15, 0.2) is 29.6 Å². The average Bonchev–Trinajstić information content (AvgIpc) is 3.15. The first-order chi connectivity index (χ1) is 12.2. The lowest BCUT2D eigenvalue weighted by atomic mass is 10.2. The smallest absolute Gasteiger partial charge is 0.261 e. The van der Waals surface area contributed by atoms with Crippen LogP contribution in [0.4, 0.5) is 0 Å². The van der Waals surface area contributed by atoms with Crippen LogP contribution in [0.2, 0.25) is 0 Å². The van der Waals surface area contributed by atoms with E-state index in [1.54, 1.807) is 27.7 Å². The van der Waals surface area contributed by atoms with Crippen LogP contribution in [0.5, 0.6) is 17.2 Å². The zero-order chi connectivity index (χ0) is 17.8. The van der Waals surface area contributed by atoms with Crippen LogP contribution in [0.1, 0.15) is 6.42 Å². The third kappa shape index (κ3) is 3.12. The van der Waals surface area contributed by atoms with Crippen LogP contribution < -0.4 is 19.8 Å². The van der Waals surface area contributed by atoms with Gasteiger partial charge in [-0.25, -0.2) is 4.98 Å². The Morgan fingerprint density at radius 2 is 1.88 bits per heavy atom. The molecule has 0 unspecified atom stereocenters. The first-order valence-corrected chi connectivity index (χ1v) is 7.71. The molecule has 1 aromatic carbocycles. The fourth-order valence-electron chi connectivity index (χ4n) is 2.68. The van der Waals surface area contributed by atoms with Gasteiger partial charge >= 0.3 is 0 Å². The number of aromatic nitrogens is 5. The Morgan fingerprint density at radius 3 is 2.52 bits per heavy atom. The third-order valence-corrected chi connectivity index (χ3v) is 3.88. The minimum absolute atomic E-state index is 0.164. The number of hydrogen-bond donors (Lipinski definition) is 0. The molecule has 0 spiro atoms. The third-order valence-electron chi connectivity index (χ3n) is 3.88. The number of nitrogens with zero attached hydrogens (tertiary/aromatic N) is 5. The highest BCUT2D eigenvalue weighted by atomic mass is 16.5. The molecule has 2 aromatic heterocycles. The summed E-state index contributed by atoms with van der Waals surface area (Å²) in [6, 6.07) is 1.62. The summed E-state index contributed by atoms with van der Waals surface area (Å²) in [4.78, 5) is 17.2. The maximum atomic E-state index is 12.8. The molecule has 132 valence electrons. The molecule has 0 saturated carbocycles. The van der Waals surface area contributed by atoms with Crippen molar-refractivity contribution in [1.29, 1.82) is 0 Å². The van der Waals surface area contributed by atoms with Crippen LogP contribution in [-0.2, 0) is 13.1 Å². The van der Waals surface area contributed by atoms with Crippen molar-refractivity contribution in [3.05, 3.63) is 35.1 Å². The molecule has 0 amide bonds. The van der Waals surface area contributed by atoms with E-state index in [-0.39, 0.29) is 5.56 Å². The second-order valence-corrected chi connectivity index (χ2v) is 5.30. The summed E-state index contributed by atoms with van der Waals surface area (Å²) >= 11 is 0. The SMILES string of the molecule is COc1cc2c(=O)n(CCCn3ccnn3)cnc2c(OC)c1OC. The summed E-state index contributed by atoms with van der Waals surface area (Å²) in [6.07, 6.45) is 5.64. The van der Waals surface area contributed by atoms with Crippen molar-refractivity contribution < 1.29 is 14.2 Å². The molecular weight excluding hydrogens is 326 g/mol. The second-order valence-electron chi connectivity index (χ2n) is 5.30. The van der Waals surface area contributed by atoms with E-state index in [9.17, 15) is 4.79 Å². The number of hydrogen-bond acceptors (Lipinski definition) is 7. The van der Waals surface area contributed by atoms with E-state index >= 15 is 0 Å². The molecule has 0 aliphatic rings. The Bertz CT molecular complexity index is 920. The molecule has 0 aliphatic carbocycles. The molecule has 0 saturated heterocycles. The van der Waals surface area contributed by atoms with E-state index in [0.29, 0.717) is 41.2 Å². The van der Waals surface area contributed by atoms with E-state index in [0.717, 1.165) is 6.42 Å². The molecule has 3 rings (SSSR count). The molecule has 25 heavy (non-hydrogen) atoms. The normalized spacial score (nSPS) is 10.8. The van der Waals surface area contributed by atoms with Crippen molar-refractivity contribution in [1.82, 2.24) is 24.5 Å². The lowest BCUT2D eigenvalue weighted by Crippen LogP contribution is -2.22. The second kappa shape index (κ2) is 7.20. The molecular formula is C16H19N5O4. The van der Waals surface area contributed by atoms with E-state index in [2.05, 4.69) is 15.3 Å². The van der Waals surface area contributed by atoms with Crippen molar-refractivity contribution in [2.75, 3.05) is 21.3 Å². The molecule has 3 aromatic rings. The van der Waals surface area contributed by atoms with Crippen molar-refractivity contribution in [2.45, 2.75) is 19.5 Å². The number of rotatable bonds is 7. The van der Waals surface area contributed by atoms with Gasteiger partial charge in [-0.15, -0.1) is 5.10 Å². The highest BCUT2D eigenvalue weighted by Gasteiger charge is 2.19. The molecule has 9 nitrogen and oxygen atoms in total. The number of methoxy groups -OCH3 is 3. The fraction of sp³-hybridized carbons (Fsp3) is 0.375. The molecule has 9 heteroatoms. The van der Waals surface area contributed by atoms with Gasteiger partial charge in [0.15, 0.2) is 11.5 Å². The molecule has 0 bridgehead atoms. The summed E-state index contributed by atoms with van der Waals surface area (Å²) in [5.41, 5.74) is 0.278. The van der Waals surface area contributed by atoms with Gasteiger partial charge in [0.05, 0.1) is 39.2 Å². The van der Waals surface area contributed by atoms with Crippen molar-refractivity contribution >= 4 is 10.9 Å². The summed E-state index contributed by atoms with van der Waals surface area (Å²) in [5, 5.41) is 8.07. The van der Waals surface area contributed by atoms with Crippen LogP contribution >= 0.6 is 0 Å². The number of fused-ring (bicyclic) bond motifs is 1. The zero-order valence-electron chi connectivity index (χ0n) is 14.3. The zero-order valence-corrected chi connectivity index (χ0v) is 14.3. The molecule has 0 atom stereocenters. The van der Waals surface area contributed by atoms with Gasteiger partial charge in [-0.1, -0.05) is 5.21 Å². The van der Waals surface area contributed by atoms with E-state index in [4.69, 9.17) is 14.2 Å². The predicted octanol–water partition coefficient (Wildman–Crippen LogP) is 1.10. The highest BCUT2D eigenvalue weighted by Crippen LogP contribution is 2.41. The minimum Gasteiger partial charge on any atom is -0.493 e. The van der Waals surface area contributed by atoms with E-state index < -0.39 is 0 Å². The van der Waals surface area contributed by atoms with Gasteiger partial charge in [-0.05, 0) is 12.5 Å². The van der Waals surface area contributed by atoms with Gasteiger partial charge in [-0.2, -0.15) is 0 Å². The Morgan fingerprint density at radius 1 is 1.08 bits per heavy atom. The summed E-state index contributed by atoms with van der Waals surface area (Å²) in [5.74, 6) is 1.21. The Hall–Kier alpha value is -3.10. The summed E-state index contributed by atoms with van der Waals surface area (Å²) in [7, 11) is 4.52. The topological polar surface area (TPSA) is 93.3 Å². The lowest BCUT2D eigenvalue weighted by molar-refractivity contribution is 0.326. The van der Waals surface area contributed by atoms with Crippen molar-refractivity contribution in [3.63, 3.8) is 0 Å². The Balaban J connectivity index is 1.97. The van der Waals surface area contributed by atoms with Crippen LogP contribution in [-0.4, -0.2) is 45.9 Å². The first-order valence-electron chi connectivity index (χ1n) is 7.71. The van der Waals surface area contributed by atoms with Gasteiger partial charge in [0, 0.05) is 19.3 Å². The van der Waals surface area contributed by atoms with Crippen LogP contribution in [0.25, 0.3) is 10.9 Å². The number of aryl methyl sites for hydroxylation is 2. The summed E-state index contributed by atoms with van der Waals surface area (Å²) in [6.45, 7) is 1.18. The van der Waals surface area contributed by atoms with E-state index in [1.807, 2.05) is 0 Å². The minimum atomic E-state index is -0.164. The Kier molecular flexibility index (Phi) is 4.82. The fourth-order valence-corrected chi connectivity index (χ4v) is 2.68. The molecule has 2 heterocycles.